The Bertz CT molecular complexity index is 596. The Morgan fingerprint density at radius 2 is 2.00 bits per heavy atom. The molecule has 2 heterocycles. The van der Waals surface area contributed by atoms with Crippen LogP contribution in [0, 0.1) is 6.92 Å². The van der Waals surface area contributed by atoms with Gasteiger partial charge in [0.25, 0.3) is 0 Å². The SMILES string of the molecule is Cc1cccc2c1nc(N)n2CC(C)N1CCCCC1. The number of aryl methyl sites for hydroxylation is 1. The molecule has 1 saturated heterocycles. The minimum atomic E-state index is 0.510. The Kier molecular flexibility index (Phi) is 3.66. The molecule has 1 aliphatic rings. The molecule has 108 valence electrons. The molecule has 1 aliphatic heterocycles. The quantitative estimate of drug-likeness (QED) is 0.934. The summed E-state index contributed by atoms with van der Waals surface area (Å²) in [4.78, 5) is 7.11. The third-order valence-electron chi connectivity index (χ3n) is 4.47. The van der Waals surface area contributed by atoms with E-state index in [9.17, 15) is 0 Å². The summed E-state index contributed by atoms with van der Waals surface area (Å²) < 4.78 is 2.17. The number of anilines is 1. The summed E-state index contributed by atoms with van der Waals surface area (Å²) in [5, 5.41) is 0. The average molecular weight is 272 g/mol. The number of piperidine rings is 1. The van der Waals surface area contributed by atoms with Crippen molar-refractivity contribution in [3.05, 3.63) is 23.8 Å². The second-order valence-electron chi connectivity index (χ2n) is 5.97. The van der Waals surface area contributed by atoms with E-state index in [4.69, 9.17) is 5.73 Å². The van der Waals surface area contributed by atoms with Gasteiger partial charge in [-0.05, 0) is 51.4 Å². The van der Waals surface area contributed by atoms with Crippen molar-refractivity contribution in [2.24, 2.45) is 0 Å². The first kappa shape index (κ1) is 13.4. The maximum absolute atomic E-state index is 6.13. The number of aromatic nitrogens is 2. The van der Waals surface area contributed by atoms with Gasteiger partial charge in [-0.3, -0.25) is 4.90 Å². The molecule has 1 atom stereocenters. The van der Waals surface area contributed by atoms with Crippen LogP contribution in [0.4, 0.5) is 5.95 Å². The van der Waals surface area contributed by atoms with E-state index in [1.54, 1.807) is 0 Å². The van der Waals surface area contributed by atoms with Crippen LogP contribution in [-0.4, -0.2) is 33.6 Å². The van der Waals surface area contributed by atoms with E-state index < -0.39 is 0 Å². The molecule has 1 aromatic heterocycles. The van der Waals surface area contributed by atoms with Crippen molar-refractivity contribution in [2.45, 2.75) is 45.7 Å². The Labute approximate surface area is 120 Å². The lowest BCUT2D eigenvalue weighted by atomic mass is 10.1. The molecule has 4 nitrogen and oxygen atoms in total. The van der Waals surface area contributed by atoms with E-state index in [2.05, 4.69) is 46.5 Å². The van der Waals surface area contributed by atoms with Crippen LogP contribution >= 0.6 is 0 Å². The zero-order valence-corrected chi connectivity index (χ0v) is 12.5. The van der Waals surface area contributed by atoms with E-state index in [1.807, 2.05) is 0 Å². The highest BCUT2D eigenvalue weighted by Gasteiger charge is 2.19. The van der Waals surface area contributed by atoms with Crippen LogP contribution in [0.25, 0.3) is 11.0 Å². The lowest BCUT2D eigenvalue weighted by molar-refractivity contribution is 0.161. The molecule has 3 rings (SSSR count). The molecule has 0 aliphatic carbocycles. The van der Waals surface area contributed by atoms with Gasteiger partial charge in [-0.2, -0.15) is 0 Å². The lowest BCUT2D eigenvalue weighted by Gasteiger charge is -2.32. The van der Waals surface area contributed by atoms with Crippen LogP contribution in [0.2, 0.25) is 0 Å². The van der Waals surface area contributed by atoms with Crippen LogP contribution in [0.3, 0.4) is 0 Å². The average Bonchev–Trinajstić information content (AvgIpc) is 2.78. The molecule has 0 radical (unpaired) electrons. The van der Waals surface area contributed by atoms with Crippen LogP contribution in [0.5, 0.6) is 0 Å². The van der Waals surface area contributed by atoms with E-state index in [0.29, 0.717) is 12.0 Å². The monoisotopic (exact) mass is 272 g/mol. The summed E-state index contributed by atoms with van der Waals surface area (Å²) in [6.07, 6.45) is 4.02. The van der Waals surface area contributed by atoms with Crippen LogP contribution in [-0.2, 0) is 6.54 Å². The first-order valence-electron chi connectivity index (χ1n) is 7.62. The molecule has 1 unspecified atom stereocenters. The van der Waals surface area contributed by atoms with Crippen LogP contribution in [0.1, 0.15) is 31.7 Å². The Morgan fingerprint density at radius 1 is 1.25 bits per heavy atom. The fourth-order valence-electron chi connectivity index (χ4n) is 3.24. The summed E-state index contributed by atoms with van der Waals surface area (Å²) in [6.45, 7) is 7.74. The second-order valence-corrected chi connectivity index (χ2v) is 5.97. The maximum atomic E-state index is 6.13. The second kappa shape index (κ2) is 5.44. The molecule has 1 aromatic carbocycles. The van der Waals surface area contributed by atoms with Crippen molar-refractivity contribution in [3.8, 4) is 0 Å². The van der Waals surface area contributed by atoms with Gasteiger partial charge in [-0.25, -0.2) is 4.98 Å². The molecular formula is C16H24N4. The Balaban J connectivity index is 1.86. The number of nitrogens with two attached hydrogens (primary N) is 1. The number of fused-ring (bicyclic) bond motifs is 1. The molecule has 0 saturated carbocycles. The van der Waals surface area contributed by atoms with Gasteiger partial charge in [0.15, 0.2) is 0 Å². The van der Waals surface area contributed by atoms with Crippen molar-refractivity contribution < 1.29 is 0 Å². The summed E-state index contributed by atoms with van der Waals surface area (Å²) >= 11 is 0. The summed E-state index contributed by atoms with van der Waals surface area (Å²) in [7, 11) is 0. The normalized spacial score (nSPS) is 18.5. The maximum Gasteiger partial charge on any atom is 0.201 e. The number of nitrogens with zero attached hydrogens (tertiary/aromatic N) is 3. The molecule has 20 heavy (non-hydrogen) atoms. The molecule has 2 aromatic rings. The third-order valence-corrected chi connectivity index (χ3v) is 4.47. The van der Waals surface area contributed by atoms with Gasteiger partial charge in [-0.1, -0.05) is 18.6 Å². The van der Waals surface area contributed by atoms with E-state index in [-0.39, 0.29) is 0 Å². The zero-order valence-electron chi connectivity index (χ0n) is 12.5. The number of imidazole rings is 1. The molecule has 0 bridgehead atoms. The Hall–Kier alpha value is -1.55. The highest BCUT2D eigenvalue weighted by molar-refractivity contribution is 5.81. The molecule has 4 heteroatoms. The smallest absolute Gasteiger partial charge is 0.201 e. The first-order chi connectivity index (χ1) is 9.66. The highest BCUT2D eigenvalue weighted by atomic mass is 15.2. The summed E-state index contributed by atoms with van der Waals surface area (Å²) in [5.41, 5.74) is 9.52. The summed E-state index contributed by atoms with van der Waals surface area (Å²) in [5.74, 6) is 0.637. The van der Waals surface area contributed by atoms with Gasteiger partial charge >= 0.3 is 0 Å². The molecular weight excluding hydrogens is 248 g/mol. The number of hydrogen-bond acceptors (Lipinski definition) is 3. The van der Waals surface area contributed by atoms with Crippen LogP contribution in [0.15, 0.2) is 18.2 Å². The molecule has 2 N–H and O–H groups in total. The number of para-hydroxylation sites is 1. The van der Waals surface area contributed by atoms with Crippen molar-refractivity contribution in [2.75, 3.05) is 18.8 Å². The van der Waals surface area contributed by atoms with E-state index >= 15 is 0 Å². The van der Waals surface area contributed by atoms with Crippen molar-refractivity contribution >= 4 is 17.0 Å². The fraction of sp³-hybridized carbons (Fsp3) is 0.562. The standard InChI is InChI=1S/C16H24N4/c1-12-7-6-8-14-15(12)18-16(17)20(14)11-13(2)19-9-4-3-5-10-19/h6-8,13H,3-5,9-11H2,1-2H3,(H2,17,18). The number of benzene rings is 1. The number of rotatable bonds is 3. The van der Waals surface area contributed by atoms with E-state index in [0.717, 1.165) is 17.6 Å². The van der Waals surface area contributed by atoms with Gasteiger partial charge in [0.2, 0.25) is 5.95 Å². The lowest BCUT2D eigenvalue weighted by Crippen LogP contribution is -2.39. The van der Waals surface area contributed by atoms with Crippen molar-refractivity contribution in [1.29, 1.82) is 0 Å². The van der Waals surface area contributed by atoms with Crippen LogP contribution < -0.4 is 5.73 Å². The van der Waals surface area contributed by atoms with E-state index in [1.165, 1.54) is 37.9 Å². The minimum absolute atomic E-state index is 0.510. The fourth-order valence-corrected chi connectivity index (χ4v) is 3.24. The van der Waals surface area contributed by atoms with Gasteiger partial charge in [0.1, 0.15) is 0 Å². The topological polar surface area (TPSA) is 47.1 Å². The molecule has 1 fully saturated rings. The van der Waals surface area contributed by atoms with Gasteiger partial charge in [-0.15, -0.1) is 0 Å². The third kappa shape index (κ3) is 2.40. The predicted octanol–water partition coefficient (Wildman–Crippen LogP) is 2.80. The Morgan fingerprint density at radius 3 is 2.75 bits per heavy atom. The largest absolute Gasteiger partial charge is 0.369 e. The number of likely N-dealkylation sites (tertiary alicyclic amines) is 1. The number of hydrogen-bond donors (Lipinski definition) is 1. The molecule has 0 spiro atoms. The highest BCUT2D eigenvalue weighted by Crippen LogP contribution is 2.22. The van der Waals surface area contributed by atoms with Crippen molar-refractivity contribution in [1.82, 2.24) is 14.5 Å². The zero-order chi connectivity index (χ0) is 14.1. The van der Waals surface area contributed by atoms with Gasteiger partial charge in [0, 0.05) is 12.6 Å². The number of nitrogen functional groups attached to an aromatic ring is 1. The first-order valence-corrected chi connectivity index (χ1v) is 7.62. The van der Waals surface area contributed by atoms with Crippen molar-refractivity contribution in [3.63, 3.8) is 0 Å². The van der Waals surface area contributed by atoms with Gasteiger partial charge < -0.3 is 10.3 Å². The minimum Gasteiger partial charge on any atom is -0.369 e. The van der Waals surface area contributed by atoms with Gasteiger partial charge in [0.05, 0.1) is 11.0 Å². The predicted molar refractivity (Wildman–Crippen MR) is 83.8 cm³/mol. The molecule has 0 amide bonds. The summed E-state index contributed by atoms with van der Waals surface area (Å²) in [6, 6.07) is 6.80.